The van der Waals surface area contributed by atoms with Crippen LogP contribution >= 0.6 is 35.6 Å². The Bertz CT molecular complexity index is 696. The van der Waals surface area contributed by atoms with E-state index in [1.165, 1.54) is 0 Å². The van der Waals surface area contributed by atoms with Crippen LogP contribution in [0.2, 0.25) is 5.02 Å². The maximum absolute atomic E-state index is 12.2. The summed E-state index contributed by atoms with van der Waals surface area (Å²) in [6, 6.07) is 6.94. The fourth-order valence-corrected chi connectivity index (χ4v) is 3.03. The molecule has 1 heterocycles. The van der Waals surface area contributed by atoms with E-state index in [-0.39, 0.29) is 36.0 Å². The van der Waals surface area contributed by atoms with Crippen molar-refractivity contribution in [2.45, 2.75) is 13.8 Å². The first-order valence-corrected chi connectivity index (χ1v) is 9.92. The van der Waals surface area contributed by atoms with Gasteiger partial charge in [0.05, 0.1) is 23.7 Å². The van der Waals surface area contributed by atoms with Gasteiger partial charge in [-0.2, -0.15) is 0 Å². The lowest BCUT2D eigenvalue weighted by atomic mass is 10.2. The van der Waals surface area contributed by atoms with Crippen molar-refractivity contribution in [3.05, 3.63) is 34.9 Å². The molecule has 1 saturated heterocycles. The molecule has 0 spiro atoms. The lowest BCUT2D eigenvalue weighted by Crippen LogP contribution is -2.54. The largest absolute Gasteiger partial charge is 0.450 e. The molecule has 2 amide bonds. The number of amides is 2. The highest BCUT2D eigenvalue weighted by Crippen LogP contribution is 2.14. The van der Waals surface area contributed by atoms with Gasteiger partial charge in [0.2, 0.25) is 0 Å². The average molecular weight is 538 g/mol. The molecule has 0 unspecified atom stereocenters. The van der Waals surface area contributed by atoms with E-state index >= 15 is 0 Å². The minimum Gasteiger partial charge on any atom is -0.450 e. The number of carbonyl (C=O) groups excluding carboxylic acids is 2. The number of guanidine groups is 1. The quantitative estimate of drug-likeness (QED) is 0.252. The van der Waals surface area contributed by atoms with Crippen molar-refractivity contribution in [1.82, 2.24) is 20.4 Å². The third-order valence-electron chi connectivity index (χ3n) is 4.22. The van der Waals surface area contributed by atoms with E-state index in [0.29, 0.717) is 56.5 Å². The van der Waals surface area contributed by atoms with Crippen LogP contribution in [-0.2, 0) is 4.74 Å². The van der Waals surface area contributed by atoms with Gasteiger partial charge >= 0.3 is 6.09 Å². The summed E-state index contributed by atoms with van der Waals surface area (Å²) in [5.74, 6) is 0.562. The zero-order valence-corrected chi connectivity index (χ0v) is 19.9. The Morgan fingerprint density at radius 3 is 2.38 bits per heavy atom. The molecule has 1 aliphatic rings. The average Bonchev–Trinajstić information content (AvgIpc) is 2.71. The maximum Gasteiger partial charge on any atom is 0.409 e. The molecule has 0 aromatic heterocycles. The first-order valence-electron chi connectivity index (χ1n) is 9.54. The molecule has 162 valence electrons. The summed E-state index contributed by atoms with van der Waals surface area (Å²) in [4.78, 5) is 32.4. The number of halogens is 2. The van der Waals surface area contributed by atoms with Gasteiger partial charge in [0.15, 0.2) is 5.96 Å². The van der Waals surface area contributed by atoms with E-state index in [0.717, 1.165) is 12.5 Å². The minimum absolute atomic E-state index is 0. The number of carbonyl (C=O) groups is 2. The van der Waals surface area contributed by atoms with Gasteiger partial charge in [0.25, 0.3) is 5.91 Å². The number of ether oxygens (including phenoxy) is 1. The molecule has 1 aliphatic heterocycles. The second-order valence-electron chi connectivity index (χ2n) is 6.14. The maximum atomic E-state index is 12.2. The van der Waals surface area contributed by atoms with Crippen molar-refractivity contribution in [1.29, 1.82) is 0 Å². The Hall–Kier alpha value is -1.75. The summed E-state index contributed by atoms with van der Waals surface area (Å²) >= 11 is 6.04. The molecule has 0 bridgehead atoms. The number of piperazine rings is 1. The fourth-order valence-electron chi connectivity index (χ4n) is 2.81. The van der Waals surface area contributed by atoms with Gasteiger partial charge in [-0.25, -0.2) is 4.79 Å². The first kappa shape index (κ1) is 25.3. The number of nitrogens with one attached hydrogen (secondary N) is 2. The summed E-state index contributed by atoms with van der Waals surface area (Å²) in [6.45, 7) is 8.30. The molecule has 10 heteroatoms. The number of hydrogen-bond donors (Lipinski definition) is 2. The van der Waals surface area contributed by atoms with Gasteiger partial charge in [-0.3, -0.25) is 9.79 Å². The zero-order valence-electron chi connectivity index (χ0n) is 16.8. The van der Waals surface area contributed by atoms with Crippen molar-refractivity contribution in [2.24, 2.45) is 4.99 Å². The van der Waals surface area contributed by atoms with E-state index in [1.807, 2.05) is 6.92 Å². The van der Waals surface area contributed by atoms with Gasteiger partial charge in [0, 0.05) is 39.3 Å². The molecule has 1 aromatic carbocycles. The molecule has 1 aromatic rings. The summed E-state index contributed by atoms with van der Waals surface area (Å²) < 4.78 is 5.04. The van der Waals surface area contributed by atoms with Crippen molar-refractivity contribution < 1.29 is 14.3 Å². The Morgan fingerprint density at radius 2 is 1.76 bits per heavy atom. The van der Waals surface area contributed by atoms with Crippen LogP contribution in [0.1, 0.15) is 24.2 Å². The number of benzene rings is 1. The molecule has 0 radical (unpaired) electrons. The van der Waals surface area contributed by atoms with Crippen molar-refractivity contribution >= 4 is 53.5 Å². The van der Waals surface area contributed by atoms with Crippen molar-refractivity contribution in [3.63, 3.8) is 0 Å². The number of aliphatic imine (C=N–C) groups is 1. The Balaban J connectivity index is 0.00000420. The van der Waals surface area contributed by atoms with Crippen LogP contribution in [0, 0.1) is 0 Å². The third-order valence-corrected chi connectivity index (χ3v) is 4.55. The van der Waals surface area contributed by atoms with Gasteiger partial charge in [0.1, 0.15) is 0 Å². The van der Waals surface area contributed by atoms with E-state index < -0.39 is 0 Å². The highest BCUT2D eigenvalue weighted by Gasteiger charge is 2.23. The monoisotopic (exact) mass is 537 g/mol. The second kappa shape index (κ2) is 13.5. The number of nitrogens with zero attached hydrogens (tertiary/aromatic N) is 3. The van der Waals surface area contributed by atoms with Crippen LogP contribution in [0.4, 0.5) is 4.79 Å². The first-order chi connectivity index (χ1) is 13.6. The molecule has 1 fully saturated rings. The van der Waals surface area contributed by atoms with Gasteiger partial charge in [-0.1, -0.05) is 23.7 Å². The smallest absolute Gasteiger partial charge is 0.409 e. The lowest BCUT2D eigenvalue weighted by Gasteiger charge is -2.35. The lowest BCUT2D eigenvalue weighted by molar-refractivity contribution is 0.0914. The molecule has 29 heavy (non-hydrogen) atoms. The molecular weight excluding hydrogens is 509 g/mol. The van der Waals surface area contributed by atoms with Gasteiger partial charge in [-0.05, 0) is 26.0 Å². The summed E-state index contributed by atoms with van der Waals surface area (Å²) in [7, 11) is 0. The van der Waals surface area contributed by atoms with Crippen LogP contribution in [-0.4, -0.2) is 80.2 Å². The zero-order chi connectivity index (χ0) is 20.4. The topological polar surface area (TPSA) is 86.3 Å². The Labute approximate surface area is 194 Å². The number of rotatable bonds is 6. The van der Waals surface area contributed by atoms with E-state index in [9.17, 15) is 9.59 Å². The van der Waals surface area contributed by atoms with Crippen LogP contribution in [0.25, 0.3) is 0 Å². The van der Waals surface area contributed by atoms with Gasteiger partial charge < -0.3 is 25.2 Å². The molecule has 8 nitrogen and oxygen atoms in total. The third kappa shape index (κ3) is 7.88. The minimum atomic E-state index is -0.272. The Morgan fingerprint density at radius 1 is 1.10 bits per heavy atom. The normalized spacial score (nSPS) is 14.1. The standard InChI is InChI=1S/C19H28ClN5O3.HI/c1-3-21-18(24-11-13-25(14-12-24)19(27)28-4-2)23-10-9-22-17(26)15-7-5-6-8-16(15)20;/h5-8H,3-4,9-14H2,1-2H3,(H,21,23)(H,22,26);1H. The van der Waals surface area contributed by atoms with Gasteiger partial charge in [-0.15, -0.1) is 24.0 Å². The van der Waals surface area contributed by atoms with Crippen molar-refractivity contribution in [2.75, 3.05) is 52.4 Å². The SMILES string of the molecule is CCNC(=NCCNC(=O)c1ccccc1Cl)N1CCN(C(=O)OCC)CC1.I. The van der Waals surface area contributed by atoms with Crippen LogP contribution in [0.15, 0.2) is 29.3 Å². The Kier molecular flexibility index (Phi) is 11.7. The fraction of sp³-hybridized carbons (Fsp3) is 0.526. The van der Waals surface area contributed by atoms with E-state index in [1.54, 1.807) is 36.1 Å². The predicted molar refractivity (Wildman–Crippen MR) is 125 cm³/mol. The van der Waals surface area contributed by atoms with Crippen LogP contribution < -0.4 is 10.6 Å². The summed E-state index contributed by atoms with van der Waals surface area (Å²) in [5.41, 5.74) is 0.454. The molecule has 2 rings (SSSR count). The number of hydrogen-bond acceptors (Lipinski definition) is 4. The van der Waals surface area contributed by atoms with Crippen LogP contribution in [0.5, 0.6) is 0 Å². The van der Waals surface area contributed by atoms with Crippen LogP contribution in [0.3, 0.4) is 0 Å². The highest BCUT2D eigenvalue weighted by atomic mass is 127. The van der Waals surface area contributed by atoms with Crippen molar-refractivity contribution in [3.8, 4) is 0 Å². The molecule has 0 saturated carbocycles. The predicted octanol–water partition coefficient (Wildman–Crippen LogP) is 2.43. The molecule has 2 N–H and O–H groups in total. The molecule has 0 aliphatic carbocycles. The highest BCUT2D eigenvalue weighted by molar-refractivity contribution is 14.0. The molecular formula is C19H29ClIN5O3. The van der Waals surface area contributed by atoms with E-state index in [4.69, 9.17) is 16.3 Å². The van der Waals surface area contributed by atoms with E-state index in [2.05, 4.69) is 20.5 Å². The summed E-state index contributed by atoms with van der Waals surface area (Å²) in [5, 5.41) is 6.52. The second-order valence-corrected chi connectivity index (χ2v) is 6.55. The molecule has 0 atom stereocenters. The summed E-state index contributed by atoms with van der Waals surface area (Å²) in [6.07, 6.45) is -0.272.